The molecule has 2 aliphatic heterocycles. The lowest BCUT2D eigenvalue weighted by molar-refractivity contribution is -0.128. The van der Waals surface area contributed by atoms with Gasteiger partial charge in [-0.25, -0.2) is 4.98 Å². The fourth-order valence-electron chi connectivity index (χ4n) is 3.43. The van der Waals surface area contributed by atoms with Gasteiger partial charge in [-0.2, -0.15) is 0 Å². The van der Waals surface area contributed by atoms with Gasteiger partial charge in [0, 0.05) is 32.6 Å². The molecule has 1 N–H and O–H groups in total. The molecule has 7 heteroatoms. The molecule has 0 aromatic carbocycles. The Morgan fingerprint density at radius 2 is 2.08 bits per heavy atom. The van der Waals surface area contributed by atoms with Crippen LogP contribution in [0.2, 0.25) is 0 Å². The SMILES string of the molecule is O=C(Nc1ccc(N2CCOCC2)cn1)[C@@H]1CC(=O)N(CC2CC2)C1. The first-order valence-electron chi connectivity index (χ1n) is 9.06. The molecule has 0 bridgehead atoms. The van der Waals surface area contributed by atoms with Gasteiger partial charge in [0.2, 0.25) is 11.8 Å². The van der Waals surface area contributed by atoms with E-state index in [1.807, 2.05) is 17.0 Å². The topological polar surface area (TPSA) is 74.8 Å². The van der Waals surface area contributed by atoms with E-state index in [1.165, 1.54) is 12.8 Å². The predicted molar refractivity (Wildman–Crippen MR) is 93.3 cm³/mol. The number of amides is 2. The number of hydrogen-bond acceptors (Lipinski definition) is 5. The monoisotopic (exact) mass is 344 g/mol. The fourth-order valence-corrected chi connectivity index (χ4v) is 3.43. The first-order chi connectivity index (χ1) is 12.2. The van der Waals surface area contributed by atoms with E-state index >= 15 is 0 Å². The van der Waals surface area contributed by atoms with Crippen molar-refractivity contribution in [3.8, 4) is 0 Å². The van der Waals surface area contributed by atoms with Crippen molar-refractivity contribution in [2.45, 2.75) is 19.3 Å². The van der Waals surface area contributed by atoms with Crippen LogP contribution >= 0.6 is 0 Å². The lowest BCUT2D eigenvalue weighted by Crippen LogP contribution is -2.36. The number of pyridine rings is 1. The summed E-state index contributed by atoms with van der Waals surface area (Å²) >= 11 is 0. The second kappa shape index (κ2) is 7.00. The highest BCUT2D eigenvalue weighted by Crippen LogP contribution is 2.32. The van der Waals surface area contributed by atoms with E-state index in [0.29, 0.717) is 24.7 Å². The minimum Gasteiger partial charge on any atom is -0.378 e. The van der Waals surface area contributed by atoms with Gasteiger partial charge in [0.05, 0.1) is 31.0 Å². The number of carbonyl (C=O) groups excluding carboxylic acids is 2. The average molecular weight is 344 g/mol. The van der Waals surface area contributed by atoms with Crippen LogP contribution in [0.5, 0.6) is 0 Å². The maximum Gasteiger partial charge on any atom is 0.230 e. The van der Waals surface area contributed by atoms with Crippen LogP contribution in [0, 0.1) is 11.8 Å². The van der Waals surface area contributed by atoms with E-state index in [4.69, 9.17) is 4.74 Å². The summed E-state index contributed by atoms with van der Waals surface area (Å²) in [6.45, 7) is 4.52. The zero-order chi connectivity index (χ0) is 17.2. The number of ether oxygens (including phenoxy) is 1. The van der Waals surface area contributed by atoms with Crippen molar-refractivity contribution >= 4 is 23.3 Å². The summed E-state index contributed by atoms with van der Waals surface area (Å²) in [7, 11) is 0. The lowest BCUT2D eigenvalue weighted by Gasteiger charge is -2.28. The molecule has 1 atom stereocenters. The Hall–Kier alpha value is -2.15. The zero-order valence-corrected chi connectivity index (χ0v) is 14.3. The van der Waals surface area contributed by atoms with Gasteiger partial charge in [0.15, 0.2) is 0 Å². The van der Waals surface area contributed by atoms with Gasteiger partial charge in [0.25, 0.3) is 0 Å². The number of aromatic nitrogens is 1. The summed E-state index contributed by atoms with van der Waals surface area (Å²) in [6.07, 6.45) is 4.50. The van der Waals surface area contributed by atoms with Gasteiger partial charge in [-0.15, -0.1) is 0 Å². The Morgan fingerprint density at radius 3 is 2.76 bits per heavy atom. The molecular weight excluding hydrogens is 320 g/mol. The summed E-state index contributed by atoms with van der Waals surface area (Å²) in [6, 6.07) is 3.79. The standard InChI is InChI=1S/C18H24N4O3/c23-17-9-14(12-22(17)11-13-1-2-13)18(24)20-16-4-3-15(10-19-16)21-5-7-25-8-6-21/h3-4,10,13-14H,1-2,5-9,11-12H2,(H,19,20,24)/t14-/m1/s1. The molecule has 0 unspecified atom stereocenters. The molecule has 1 saturated carbocycles. The highest BCUT2D eigenvalue weighted by Gasteiger charge is 2.37. The van der Waals surface area contributed by atoms with E-state index in [-0.39, 0.29) is 17.7 Å². The number of nitrogens with zero attached hydrogens (tertiary/aromatic N) is 3. The van der Waals surface area contributed by atoms with Crippen molar-refractivity contribution in [2.24, 2.45) is 11.8 Å². The summed E-state index contributed by atoms with van der Waals surface area (Å²) < 4.78 is 5.35. The van der Waals surface area contributed by atoms with Crippen LogP contribution in [0.4, 0.5) is 11.5 Å². The zero-order valence-electron chi connectivity index (χ0n) is 14.3. The molecule has 3 heterocycles. The predicted octanol–water partition coefficient (Wildman–Crippen LogP) is 1.12. The number of rotatable bonds is 5. The summed E-state index contributed by atoms with van der Waals surface area (Å²) in [4.78, 5) is 32.9. The molecule has 0 spiro atoms. The molecule has 25 heavy (non-hydrogen) atoms. The van der Waals surface area contributed by atoms with Crippen LogP contribution in [0.1, 0.15) is 19.3 Å². The van der Waals surface area contributed by atoms with Gasteiger partial charge < -0.3 is 19.9 Å². The molecule has 7 nitrogen and oxygen atoms in total. The molecule has 3 aliphatic rings. The molecule has 3 fully saturated rings. The second-order valence-corrected chi connectivity index (χ2v) is 7.13. The Kier molecular flexibility index (Phi) is 4.57. The van der Waals surface area contributed by atoms with Crippen molar-refractivity contribution in [3.05, 3.63) is 18.3 Å². The molecule has 134 valence electrons. The summed E-state index contributed by atoms with van der Waals surface area (Å²) in [5.74, 6) is 0.906. The molecule has 2 amide bonds. The lowest BCUT2D eigenvalue weighted by atomic mass is 10.1. The largest absolute Gasteiger partial charge is 0.378 e. The Labute approximate surface area is 147 Å². The van der Waals surface area contributed by atoms with E-state index in [2.05, 4.69) is 15.2 Å². The van der Waals surface area contributed by atoms with Crippen molar-refractivity contribution in [1.82, 2.24) is 9.88 Å². The van der Waals surface area contributed by atoms with Crippen molar-refractivity contribution < 1.29 is 14.3 Å². The average Bonchev–Trinajstić information content (AvgIpc) is 3.38. The van der Waals surface area contributed by atoms with Gasteiger partial charge in [-0.1, -0.05) is 0 Å². The van der Waals surface area contributed by atoms with E-state index in [9.17, 15) is 9.59 Å². The fraction of sp³-hybridized carbons (Fsp3) is 0.611. The summed E-state index contributed by atoms with van der Waals surface area (Å²) in [5.41, 5.74) is 1.04. The van der Waals surface area contributed by atoms with Crippen LogP contribution in [-0.2, 0) is 14.3 Å². The summed E-state index contributed by atoms with van der Waals surface area (Å²) in [5, 5.41) is 2.85. The maximum atomic E-state index is 12.4. The number of morpholine rings is 1. The minimum atomic E-state index is -0.271. The molecule has 1 aliphatic carbocycles. The third-order valence-corrected chi connectivity index (χ3v) is 5.14. The number of anilines is 2. The Balaban J connectivity index is 1.32. The Morgan fingerprint density at radius 1 is 1.28 bits per heavy atom. The number of likely N-dealkylation sites (tertiary alicyclic amines) is 1. The third-order valence-electron chi connectivity index (χ3n) is 5.14. The molecular formula is C18H24N4O3. The molecule has 1 aromatic rings. The smallest absolute Gasteiger partial charge is 0.230 e. The van der Waals surface area contributed by atoms with Crippen LogP contribution in [0.3, 0.4) is 0 Å². The Bertz CT molecular complexity index is 638. The first-order valence-corrected chi connectivity index (χ1v) is 9.06. The second-order valence-electron chi connectivity index (χ2n) is 7.13. The van der Waals surface area contributed by atoms with Gasteiger partial charge in [0.1, 0.15) is 5.82 Å². The van der Waals surface area contributed by atoms with Crippen LogP contribution < -0.4 is 10.2 Å². The third kappa shape index (κ3) is 3.92. The van der Waals surface area contributed by atoms with Crippen molar-refractivity contribution in [1.29, 1.82) is 0 Å². The number of nitrogens with one attached hydrogen (secondary N) is 1. The van der Waals surface area contributed by atoms with Crippen molar-refractivity contribution in [2.75, 3.05) is 49.6 Å². The van der Waals surface area contributed by atoms with Crippen LogP contribution in [-0.4, -0.2) is 61.1 Å². The maximum absolute atomic E-state index is 12.4. The van der Waals surface area contributed by atoms with Gasteiger partial charge >= 0.3 is 0 Å². The minimum absolute atomic E-state index is 0.0997. The number of carbonyl (C=O) groups is 2. The highest BCUT2D eigenvalue weighted by atomic mass is 16.5. The van der Waals surface area contributed by atoms with Gasteiger partial charge in [-0.05, 0) is 30.9 Å². The van der Waals surface area contributed by atoms with E-state index in [1.54, 1.807) is 6.20 Å². The normalized spacial score (nSPS) is 23.8. The first kappa shape index (κ1) is 16.3. The highest BCUT2D eigenvalue weighted by molar-refractivity contribution is 5.96. The molecule has 2 saturated heterocycles. The molecule has 1 aromatic heterocycles. The van der Waals surface area contributed by atoms with Crippen LogP contribution in [0.25, 0.3) is 0 Å². The van der Waals surface area contributed by atoms with Crippen molar-refractivity contribution in [3.63, 3.8) is 0 Å². The quantitative estimate of drug-likeness (QED) is 0.866. The number of hydrogen-bond donors (Lipinski definition) is 1. The van der Waals surface area contributed by atoms with E-state index in [0.717, 1.165) is 38.5 Å². The van der Waals surface area contributed by atoms with Crippen LogP contribution in [0.15, 0.2) is 18.3 Å². The van der Waals surface area contributed by atoms with E-state index < -0.39 is 0 Å². The van der Waals surface area contributed by atoms with Gasteiger partial charge in [-0.3, -0.25) is 9.59 Å². The molecule has 4 rings (SSSR count). The molecule has 0 radical (unpaired) electrons.